The van der Waals surface area contributed by atoms with Crippen molar-refractivity contribution in [2.24, 2.45) is 0 Å². The fourth-order valence-corrected chi connectivity index (χ4v) is 4.72. The van der Waals surface area contributed by atoms with E-state index in [1.165, 1.54) is 11.1 Å². The summed E-state index contributed by atoms with van der Waals surface area (Å²) in [6, 6.07) is 14.6. The van der Waals surface area contributed by atoms with Gasteiger partial charge < -0.3 is 14.2 Å². The molecule has 1 saturated heterocycles. The Hall–Kier alpha value is -2.82. The Morgan fingerprint density at radius 3 is 2.56 bits per heavy atom. The average molecular weight is 434 g/mol. The van der Waals surface area contributed by atoms with E-state index in [0.29, 0.717) is 13.0 Å². The summed E-state index contributed by atoms with van der Waals surface area (Å²) in [5, 5.41) is 0. The van der Waals surface area contributed by atoms with Gasteiger partial charge in [-0.15, -0.1) is 0 Å². The Kier molecular flexibility index (Phi) is 7.13. The molecule has 0 spiro atoms. The molecule has 1 aromatic heterocycles. The first-order valence-corrected chi connectivity index (χ1v) is 12.0. The Labute approximate surface area is 191 Å². The first-order valence-electron chi connectivity index (χ1n) is 12.0. The number of ether oxygens (including phenoxy) is 1. The van der Waals surface area contributed by atoms with Crippen LogP contribution in [0.2, 0.25) is 0 Å². The summed E-state index contributed by atoms with van der Waals surface area (Å²) in [6.07, 6.45) is 4.74. The molecule has 0 bridgehead atoms. The van der Waals surface area contributed by atoms with Gasteiger partial charge in [-0.05, 0) is 56.4 Å². The van der Waals surface area contributed by atoms with Gasteiger partial charge in [0.25, 0.3) is 0 Å². The summed E-state index contributed by atoms with van der Waals surface area (Å²) < 4.78 is 8.44. The van der Waals surface area contributed by atoms with Crippen molar-refractivity contribution in [2.75, 3.05) is 19.7 Å². The number of carbonyl (C=O) groups excluding carboxylic acids is 1. The van der Waals surface area contributed by atoms with E-state index in [4.69, 9.17) is 9.72 Å². The number of benzene rings is 2. The second-order valence-electron chi connectivity index (χ2n) is 8.98. The smallest absolute Gasteiger partial charge is 0.223 e. The fourth-order valence-electron chi connectivity index (χ4n) is 4.72. The van der Waals surface area contributed by atoms with Crippen LogP contribution in [0.4, 0.5) is 0 Å². The lowest BCUT2D eigenvalue weighted by atomic mass is 10.1. The number of fused-ring (bicyclic) bond motifs is 1. The number of unbranched alkanes of at least 4 members (excludes halogenated alkanes) is 2. The van der Waals surface area contributed by atoms with Crippen molar-refractivity contribution in [1.82, 2.24) is 14.5 Å². The minimum Gasteiger partial charge on any atom is -0.493 e. The highest BCUT2D eigenvalue weighted by molar-refractivity contribution is 5.80. The Balaban J connectivity index is 1.42. The molecule has 0 aliphatic carbocycles. The zero-order valence-electron chi connectivity index (χ0n) is 19.6. The number of hydrogen-bond donors (Lipinski definition) is 0. The summed E-state index contributed by atoms with van der Waals surface area (Å²) in [6.45, 7) is 9.62. The third-order valence-corrected chi connectivity index (χ3v) is 6.48. The van der Waals surface area contributed by atoms with Crippen LogP contribution in [0.15, 0.2) is 42.5 Å². The summed E-state index contributed by atoms with van der Waals surface area (Å²) >= 11 is 0. The Bertz CT molecular complexity index is 1050. The van der Waals surface area contributed by atoms with Crippen LogP contribution in [0.25, 0.3) is 11.0 Å². The number of nitrogens with zero attached hydrogens (tertiary/aromatic N) is 3. The molecular weight excluding hydrogens is 398 g/mol. The molecule has 1 atom stereocenters. The van der Waals surface area contributed by atoms with E-state index in [-0.39, 0.29) is 11.8 Å². The lowest BCUT2D eigenvalue weighted by molar-refractivity contribution is -0.127. The van der Waals surface area contributed by atoms with E-state index < -0.39 is 0 Å². The van der Waals surface area contributed by atoms with Crippen LogP contribution < -0.4 is 4.74 Å². The monoisotopic (exact) mass is 433 g/mol. The lowest BCUT2D eigenvalue weighted by Crippen LogP contribution is -2.26. The van der Waals surface area contributed by atoms with Crippen LogP contribution in [0.3, 0.4) is 0 Å². The molecule has 5 heteroatoms. The predicted molar refractivity (Wildman–Crippen MR) is 129 cm³/mol. The number of para-hydroxylation sites is 3. The highest BCUT2D eigenvalue weighted by atomic mass is 16.5. The van der Waals surface area contributed by atoms with Crippen LogP contribution in [-0.4, -0.2) is 40.1 Å². The molecule has 0 saturated carbocycles. The molecule has 2 heterocycles. The molecule has 2 aromatic carbocycles. The number of amides is 1. The summed E-state index contributed by atoms with van der Waals surface area (Å²) in [5.74, 6) is 2.52. The number of rotatable bonds is 10. The van der Waals surface area contributed by atoms with E-state index in [1.807, 2.05) is 11.0 Å². The fraction of sp³-hybridized carbons (Fsp3) is 0.481. The molecule has 0 radical (unpaired) electrons. The van der Waals surface area contributed by atoms with Gasteiger partial charge in [-0.3, -0.25) is 4.79 Å². The van der Waals surface area contributed by atoms with Gasteiger partial charge in [0, 0.05) is 32.0 Å². The quantitative estimate of drug-likeness (QED) is 0.389. The van der Waals surface area contributed by atoms with Gasteiger partial charge in [0.05, 0.1) is 17.6 Å². The summed E-state index contributed by atoms with van der Waals surface area (Å²) in [7, 11) is 0. The number of aromatic nitrogens is 2. The van der Waals surface area contributed by atoms with Crippen molar-refractivity contribution in [3.05, 3.63) is 59.4 Å². The molecule has 5 nitrogen and oxygen atoms in total. The molecular formula is C27H35N3O2. The normalized spacial score (nSPS) is 16.3. The van der Waals surface area contributed by atoms with Crippen molar-refractivity contribution in [3.8, 4) is 5.75 Å². The van der Waals surface area contributed by atoms with Gasteiger partial charge >= 0.3 is 0 Å². The van der Waals surface area contributed by atoms with E-state index in [2.05, 4.69) is 61.7 Å². The standard InChI is InChI=1S/C27H35N3O2/c1-4-5-15-29-19-22(18-25(29)31)27-28-23-13-6-7-14-24(23)30(27)16-8-9-17-32-26-20(2)11-10-12-21(26)3/h6-7,10-14,22H,4-5,8-9,15-19H2,1-3H3/t22-/m0/s1. The van der Waals surface area contributed by atoms with E-state index in [0.717, 1.165) is 67.9 Å². The van der Waals surface area contributed by atoms with Crippen molar-refractivity contribution < 1.29 is 9.53 Å². The minimum absolute atomic E-state index is 0.178. The second kappa shape index (κ2) is 10.2. The highest BCUT2D eigenvalue weighted by Crippen LogP contribution is 2.31. The van der Waals surface area contributed by atoms with E-state index >= 15 is 0 Å². The molecule has 1 fully saturated rings. The first kappa shape index (κ1) is 22.4. The molecule has 1 amide bonds. The molecule has 1 aliphatic heterocycles. The molecule has 4 rings (SSSR count). The van der Waals surface area contributed by atoms with Crippen LogP contribution in [0.5, 0.6) is 5.75 Å². The average Bonchev–Trinajstić information content (AvgIpc) is 3.34. The van der Waals surface area contributed by atoms with E-state index in [1.54, 1.807) is 0 Å². The topological polar surface area (TPSA) is 47.4 Å². The maximum absolute atomic E-state index is 12.6. The third kappa shape index (κ3) is 4.82. The third-order valence-electron chi connectivity index (χ3n) is 6.48. The number of likely N-dealkylation sites (tertiary alicyclic amines) is 1. The first-order chi connectivity index (χ1) is 15.6. The molecule has 170 valence electrons. The van der Waals surface area contributed by atoms with Gasteiger partial charge in [-0.2, -0.15) is 0 Å². The second-order valence-corrected chi connectivity index (χ2v) is 8.98. The van der Waals surface area contributed by atoms with Crippen molar-refractivity contribution in [3.63, 3.8) is 0 Å². The van der Waals surface area contributed by atoms with Crippen molar-refractivity contribution in [2.45, 2.75) is 65.3 Å². The lowest BCUT2D eigenvalue weighted by Gasteiger charge is -2.17. The highest BCUT2D eigenvalue weighted by Gasteiger charge is 2.33. The number of imidazole rings is 1. The van der Waals surface area contributed by atoms with Gasteiger partial charge in [0.15, 0.2) is 0 Å². The molecule has 0 N–H and O–H groups in total. The summed E-state index contributed by atoms with van der Waals surface area (Å²) in [4.78, 5) is 19.5. The molecule has 1 aliphatic rings. The molecule has 0 unspecified atom stereocenters. The minimum atomic E-state index is 0.178. The zero-order valence-corrected chi connectivity index (χ0v) is 19.6. The van der Waals surface area contributed by atoms with Crippen LogP contribution in [0.1, 0.15) is 61.9 Å². The van der Waals surface area contributed by atoms with Gasteiger partial charge in [-0.25, -0.2) is 4.98 Å². The van der Waals surface area contributed by atoms with E-state index in [9.17, 15) is 4.79 Å². The van der Waals surface area contributed by atoms with Gasteiger partial charge in [-0.1, -0.05) is 43.7 Å². The Morgan fingerprint density at radius 1 is 1.00 bits per heavy atom. The number of hydrogen-bond acceptors (Lipinski definition) is 3. The SMILES string of the molecule is CCCCN1C[C@@H](c2nc3ccccc3n2CCCCOc2c(C)cccc2C)CC1=O. The zero-order chi connectivity index (χ0) is 22.5. The van der Waals surface area contributed by atoms with Gasteiger partial charge in [0.1, 0.15) is 11.6 Å². The molecule has 32 heavy (non-hydrogen) atoms. The maximum atomic E-state index is 12.6. The van der Waals surface area contributed by atoms with Crippen molar-refractivity contribution in [1.29, 1.82) is 0 Å². The molecule has 3 aromatic rings. The largest absolute Gasteiger partial charge is 0.493 e. The van der Waals surface area contributed by atoms with Crippen LogP contribution in [0, 0.1) is 13.8 Å². The Morgan fingerprint density at radius 2 is 1.78 bits per heavy atom. The number of aryl methyl sites for hydroxylation is 3. The summed E-state index contributed by atoms with van der Waals surface area (Å²) in [5.41, 5.74) is 4.56. The van der Waals surface area contributed by atoms with Crippen molar-refractivity contribution >= 4 is 16.9 Å². The van der Waals surface area contributed by atoms with Gasteiger partial charge in [0.2, 0.25) is 5.91 Å². The number of carbonyl (C=O) groups is 1. The predicted octanol–water partition coefficient (Wildman–Crippen LogP) is 5.63. The van der Waals surface area contributed by atoms with Crippen LogP contribution >= 0.6 is 0 Å². The van der Waals surface area contributed by atoms with Crippen LogP contribution in [-0.2, 0) is 11.3 Å². The maximum Gasteiger partial charge on any atom is 0.223 e.